The number of benzene rings is 5. The topological polar surface area (TPSA) is 35.5 Å². The van der Waals surface area contributed by atoms with Crippen molar-refractivity contribution < 1.29 is 53.8 Å². The van der Waals surface area contributed by atoms with E-state index in [0.29, 0.717) is 35.9 Å². The highest BCUT2D eigenvalue weighted by Gasteiger charge is 2.35. The highest BCUT2D eigenvalue weighted by atomic mass is 19.3. The zero-order valence-corrected chi connectivity index (χ0v) is 22.7. The fraction of sp³-hybridized carbons (Fsp3) is 0.0606. The van der Waals surface area contributed by atoms with E-state index in [4.69, 9.17) is 4.74 Å². The molecule has 0 aliphatic rings. The van der Waals surface area contributed by atoms with E-state index in [-0.39, 0.29) is 22.3 Å². The molecule has 0 spiro atoms. The first-order valence-electron chi connectivity index (χ1n) is 12.8. The van der Waals surface area contributed by atoms with Gasteiger partial charge in [-0.3, -0.25) is 0 Å². The quantitative estimate of drug-likeness (QED) is 0.0776. The predicted molar refractivity (Wildman–Crippen MR) is 144 cm³/mol. The van der Waals surface area contributed by atoms with Crippen LogP contribution in [-0.4, -0.2) is 5.97 Å². The lowest BCUT2D eigenvalue weighted by atomic mass is 9.99. The lowest BCUT2D eigenvalue weighted by Crippen LogP contribution is -2.22. The number of ether oxygens (including phenoxy) is 2. The SMILES string of the molecule is Cc1ccc(C(F)(F)Oc2cc(F)c(C(=O)Oc3ccc(-c4ccc(-c5cc(F)c(F)c(F)c5)c(F)c4)c(F)c3)c(F)c2)cc1. The Labute approximate surface area is 249 Å². The van der Waals surface area contributed by atoms with Crippen LogP contribution in [-0.2, 0) is 6.11 Å². The summed E-state index contributed by atoms with van der Waals surface area (Å²) in [6.07, 6.45) is -3.96. The summed E-state index contributed by atoms with van der Waals surface area (Å²) in [6.45, 7) is 1.67. The number of halogens is 9. The lowest BCUT2D eigenvalue weighted by molar-refractivity contribution is -0.185. The van der Waals surface area contributed by atoms with Crippen molar-refractivity contribution in [2.45, 2.75) is 13.0 Å². The molecule has 0 bridgehead atoms. The van der Waals surface area contributed by atoms with Gasteiger partial charge in [-0.05, 0) is 60.5 Å². The predicted octanol–water partition coefficient (Wildman–Crippen LogP) is 9.65. The highest BCUT2D eigenvalue weighted by Crippen LogP contribution is 2.35. The van der Waals surface area contributed by atoms with Gasteiger partial charge in [0.15, 0.2) is 17.5 Å². The van der Waals surface area contributed by atoms with Gasteiger partial charge in [-0.2, -0.15) is 8.78 Å². The smallest absolute Gasteiger partial charge is 0.426 e. The van der Waals surface area contributed by atoms with Crippen LogP contribution in [0.2, 0.25) is 0 Å². The van der Waals surface area contributed by atoms with Crippen molar-refractivity contribution >= 4 is 5.97 Å². The fourth-order valence-electron chi connectivity index (χ4n) is 4.34. The van der Waals surface area contributed by atoms with Gasteiger partial charge in [0.05, 0.1) is 5.56 Å². The van der Waals surface area contributed by atoms with Gasteiger partial charge < -0.3 is 9.47 Å². The molecule has 0 saturated carbocycles. The zero-order valence-electron chi connectivity index (χ0n) is 22.7. The standard InChI is InChI=1S/C33H17F9O3/c1-16-2-5-19(6-3-16)33(41,42)45-21-14-26(36)30(27(37)15-21)32(43)44-20-7-9-22(25(35)13-20)17-4-8-23(24(34)10-17)18-11-28(38)31(40)29(39)12-18/h2-15H,1H3. The van der Waals surface area contributed by atoms with Gasteiger partial charge in [0.2, 0.25) is 0 Å². The molecule has 5 aromatic rings. The summed E-state index contributed by atoms with van der Waals surface area (Å²) < 4.78 is 138. The van der Waals surface area contributed by atoms with Crippen LogP contribution < -0.4 is 9.47 Å². The second kappa shape index (κ2) is 12.0. The first-order chi connectivity index (χ1) is 21.2. The summed E-state index contributed by atoms with van der Waals surface area (Å²) in [5.74, 6) is -13.1. The van der Waals surface area contributed by atoms with Gasteiger partial charge in [0.1, 0.15) is 40.3 Å². The Morgan fingerprint density at radius 3 is 1.67 bits per heavy atom. The van der Waals surface area contributed by atoms with Crippen LogP contribution in [0.25, 0.3) is 22.3 Å². The van der Waals surface area contributed by atoms with Crippen molar-refractivity contribution in [3.8, 4) is 33.8 Å². The molecule has 5 rings (SSSR count). The molecule has 0 aliphatic heterocycles. The molecule has 5 aromatic carbocycles. The molecule has 0 amide bonds. The molecule has 0 aliphatic carbocycles. The number of aryl methyl sites for hydroxylation is 1. The largest absolute Gasteiger partial charge is 0.429 e. The molecular weight excluding hydrogens is 615 g/mol. The number of esters is 1. The van der Waals surface area contributed by atoms with Crippen LogP contribution in [0.3, 0.4) is 0 Å². The molecule has 12 heteroatoms. The van der Waals surface area contributed by atoms with E-state index in [1.54, 1.807) is 6.92 Å². The third-order valence-corrected chi connectivity index (χ3v) is 6.58. The van der Waals surface area contributed by atoms with E-state index in [0.717, 1.165) is 36.4 Å². The lowest BCUT2D eigenvalue weighted by Gasteiger charge is -2.19. The molecule has 0 N–H and O–H groups in total. The Balaban J connectivity index is 1.33. The van der Waals surface area contributed by atoms with Crippen LogP contribution in [0.15, 0.2) is 84.9 Å². The van der Waals surface area contributed by atoms with Gasteiger partial charge in [0.25, 0.3) is 0 Å². The van der Waals surface area contributed by atoms with Crippen LogP contribution in [0.1, 0.15) is 21.5 Å². The van der Waals surface area contributed by atoms with E-state index in [9.17, 15) is 44.3 Å². The minimum atomic E-state index is -3.96. The van der Waals surface area contributed by atoms with E-state index in [1.165, 1.54) is 18.2 Å². The van der Waals surface area contributed by atoms with E-state index < -0.39 is 75.4 Å². The average molecular weight is 632 g/mol. The van der Waals surface area contributed by atoms with Crippen molar-refractivity contribution in [1.82, 2.24) is 0 Å². The Morgan fingerprint density at radius 2 is 1.09 bits per heavy atom. The molecule has 45 heavy (non-hydrogen) atoms. The first kappa shape index (κ1) is 31.2. The Hall–Kier alpha value is -5.26. The van der Waals surface area contributed by atoms with Gasteiger partial charge in [0, 0.05) is 29.3 Å². The Bertz CT molecular complexity index is 1890. The van der Waals surface area contributed by atoms with Crippen molar-refractivity contribution in [2.75, 3.05) is 0 Å². The number of hydrogen-bond acceptors (Lipinski definition) is 3. The van der Waals surface area contributed by atoms with Crippen molar-refractivity contribution in [2.24, 2.45) is 0 Å². The molecule has 0 unspecified atom stereocenters. The van der Waals surface area contributed by atoms with Crippen molar-refractivity contribution in [3.05, 3.63) is 142 Å². The summed E-state index contributed by atoms with van der Waals surface area (Å²) in [7, 11) is 0. The van der Waals surface area contributed by atoms with Crippen LogP contribution in [0, 0.1) is 47.6 Å². The zero-order chi connectivity index (χ0) is 32.6. The number of rotatable bonds is 7. The Morgan fingerprint density at radius 1 is 0.578 bits per heavy atom. The third-order valence-electron chi connectivity index (χ3n) is 6.58. The number of alkyl halides is 2. The normalized spacial score (nSPS) is 11.4. The summed E-state index contributed by atoms with van der Waals surface area (Å²) in [5.41, 5.74) is -2.04. The highest BCUT2D eigenvalue weighted by molar-refractivity contribution is 5.92. The maximum Gasteiger partial charge on any atom is 0.426 e. The first-order valence-corrected chi connectivity index (χ1v) is 12.8. The van der Waals surface area contributed by atoms with Gasteiger partial charge >= 0.3 is 12.1 Å². The van der Waals surface area contributed by atoms with Gasteiger partial charge in [-0.1, -0.05) is 29.8 Å². The van der Waals surface area contributed by atoms with Crippen molar-refractivity contribution in [3.63, 3.8) is 0 Å². The van der Waals surface area contributed by atoms with Crippen LogP contribution >= 0.6 is 0 Å². The third kappa shape index (κ3) is 6.49. The monoisotopic (exact) mass is 632 g/mol. The van der Waals surface area contributed by atoms with Crippen LogP contribution in [0.5, 0.6) is 11.5 Å². The minimum Gasteiger partial charge on any atom is -0.429 e. The summed E-state index contributed by atoms with van der Waals surface area (Å²) in [4.78, 5) is 12.5. The van der Waals surface area contributed by atoms with Crippen molar-refractivity contribution in [1.29, 1.82) is 0 Å². The fourth-order valence-corrected chi connectivity index (χ4v) is 4.34. The molecule has 0 heterocycles. The second-order valence-corrected chi connectivity index (χ2v) is 9.73. The molecule has 0 aromatic heterocycles. The molecule has 3 nitrogen and oxygen atoms in total. The number of carbonyl (C=O) groups excluding carboxylic acids is 1. The van der Waals surface area contributed by atoms with Crippen LogP contribution in [0.4, 0.5) is 39.5 Å². The molecular formula is C33H17F9O3. The minimum absolute atomic E-state index is 0.0511. The summed E-state index contributed by atoms with van der Waals surface area (Å²) in [5, 5.41) is 0. The maximum atomic E-state index is 14.9. The Kier molecular flexibility index (Phi) is 8.33. The van der Waals surface area contributed by atoms with E-state index in [1.807, 2.05) is 0 Å². The molecule has 230 valence electrons. The van der Waals surface area contributed by atoms with Gasteiger partial charge in [-0.25, -0.2) is 35.5 Å². The molecule has 0 saturated heterocycles. The van der Waals surface area contributed by atoms with E-state index in [2.05, 4.69) is 4.74 Å². The average Bonchev–Trinajstić information content (AvgIpc) is 2.95. The number of hydrogen-bond donors (Lipinski definition) is 0. The summed E-state index contributed by atoms with van der Waals surface area (Å²) in [6, 6.07) is 12.7. The maximum absolute atomic E-state index is 14.9. The van der Waals surface area contributed by atoms with E-state index >= 15 is 0 Å². The molecule has 0 radical (unpaired) electrons. The molecule has 0 atom stereocenters. The molecule has 0 fully saturated rings. The number of carbonyl (C=O) groups is 1. The second-order valence-electron chi connectivity index (χ2n) is 9.73. The van der Waals surface area contributed by atoms with Gasteiger partial charge in [-0.15, -0.1) is 0 Å². The summed E-state index contributed by atoms with van der Waals surface area (Å²) >= 11 is 0.